The number of aliphatic imine (C=N–C) groups is 1. The maximum absolute atomic E-state index is 11.6. The Morgan fingerprint density at radius 3 is 2.60 bits per heavy atom. The smallest absolute Gasteiger partial charge is 0.308 e. The molecule has 0 bridgehead atoms. The second-order valence-corrected chi connectivity index (χ2v) is 5.87. The van der Waals surface area contributed by atoms with Crippen molar-refractivity contribution in [2.24, 2.45) is 10.9 Å². The number of likely N-dealkylation sites (tertiary alicyclic amines) is 1. The van der Waals surface area contributed by atoms with Gasteiger partial charge in [-0.15, -0.1) is 24.0 Å². The quantitative estimate of drug-likeness (QED) is 0.240. The van der Waals surface area contributed by atoms with Gasteiger partial charge < -0.3 is 19.7 Å². The first-order chi connectivity index (χ1) is 11.7. The number of nitrogens with zero attached hydrogens (tertiary/aromatic N) is 2. The molecule has 0 unspecified atom stereocenters. The van der Waals surface area contributed by atoms with Crippen LogP contribution < -0.4 is 10.1 Å². The number of carbonyl (C=O) groups is 1. The minimum absolute atomic E-state index is 0. The molecule has 2 rings (SSSR count). The van der Waals surface area contributed by atoms with E-state index in [0.29, 0.717) is 13.2 Å². The number of ether oxygens (including phenoxy) is 2. The lowest BCUT2D eigenvalue weighted by molar-refractivity contribution is -0.146. The topological polar surface area (TPSA) is 63.2 Å². The molecule has 1 aliphatic heterocycles. The van der Waals surface area contributed by atoms with E-state index in [2.05, 4.69) is 15.2 Å². The van der Waals surface area contributed by atoms with Gasteiger partial charge in [-0.05, 0) is 31.4 Å². The van der Waals surface area contributed by atoms with E-state index in [1.54, 1.807) is 7.05 Å². The third-order valence-electron chi connectivity index (χ3n) is 4.28. The average Bonchev–Trinajstić information content (AvgIpc) is 2.63. The number of aryl methyl sites for hydroxylation is 1. The molecule has 0 atom stereocenters. The van der Waals surface area contributed by atoms with Crippen LogP contribution in [0.1, 0.15) is 18.4 Å². The van der Waals surface area contributed by atoms with Crippen molar-refractivity contribution < 1.29 is 14.3 Å². The van der Waals surface area contributed by atoms with Crippen molar-refractivity contribution in [2.45, 2.75) is 19.8 Å². The van der Waals surface area contributed by atoms with Crippen molar-refractivity contribution in [3.05, 3.63) is 29.8 Å². The molecule has 7 heteroatoms. The third kappa shape index (κ3) is 6.37. The zero-order valence-electron chi connectivity index (χ0n) is 15.2. The van der Waals surface area contributed by atoms with Gasteiger partial charge in [-0.3, -0.25) is 9.79 Å². The summed E-state index contributed by atoms with van der Waals surface area (Å²) in [6, 6.07) is 7.98. The molecule has 0 radical (unpaired) electrons. The molecule has 140 valence electrons. The number of nitrogens with one attached hydrogen (secondary N) is 1. The zero-order valence-corrected chi connectivity index (χ0v) is 17.5. The number of piperidine rings is 1. The van der Waals surface area contributed by atoms with Gasteiger partial charge in [-0.2, -0.15) is 0 Å². The van der Waals surface area contributed by atoms with Crippen LogP contribution in [0.25, 0.3) is 0 Å². The third-order valence-corrected chi connectivity index (χ3v) is 4.28. The number of benzene rings is 1. The van der Waals surface area contributed by atoms with Crippen LogP contribution in [-0.2, 0) is 9.53 Å². The summed E-state index contributed by atoms with van der Waals surface area (Å²) < 4.78 is 10.6. The molecule has 25 heavy (non-hydrogen) atoms. The van der Waals surface area contributed by atoms with Crippen molar-refractivity contribution in [3.63, 3.8) is 0 Å². The van der Waals surface area contributed by atoms with Crippen LogP contribution >= 0.6 is 24.0 Å². The van der Waals surface area contributed by atoms with Gasteiger partial charge in [-0.25, -0.2) is 0 Å². The number of rotatable bonds is 5. The number of esters is 1. The van der Waals surface area contributed by atoms with Gasteiger partial charge in [0.15, 0.2) is 5.96 Å². The van der Waals surface area contributed by atoms with Gasteiger partial charge in [0.05, 0.1) is 19.6 Å². The maximum Gasteiger partial charge on any atom is 0.308 e. The normalized spacial score (nSPS) is 15.3. The average molecular weight is 461 g/mol. The number of methoxy groups -OCH3 is 1. The predicted octanol–water partition coefficient (Wildman–Crippen LogP) is 2.45. The number of hydrogen-bond donors (Lipinski definition) is 1. The van der Waals surface area contributed by atoms with Gasteiger partial charge in [0.1, 0.15) is 12.4 Å². The Kier molecular flexibility index (Phi) is 9.62. The number of hydrogen-bond acceptors (Lipinski definition) is 4. The summed E-state index contributed by atoms with van der Waals surface area (Å²) in [4.78, 5) is 18.1. The Morgan fingerprint density at radius 2 is 2.00 bits per heavy atom. The fraction of sp³-hybridized carbons (Fsp3) is 0.556. The lowest BCUT2D eigenvalue weighted by Crippen LogP contribution is -2.47. The van der Waals surface area contributed by atoms with Gasteiger partial charge in [0.2, 0.25) is 0 Å². The van der Waals surface area contributed by atoms with Crippen LogP contribution in [0.15, 0.2) is 29.3 Å². The van der Waals surface area contributed by atoms with Crippen molar-refractivity contribution >= 4 is 35.9 Å². The Bertz CT molecular complexity index is 572. The van der Waals surface area contributed by atoms with Crippen LogP contribution in [0.5, 0.6) is 5.75 Å². The van der Waals surface area contributed by atoms with E-state index in [4.69, 9.17) is 9.47 Å². The van der Waals surface area contributed by atoms with Gasteiger partial charge in [0.25, 0.3) is 0 Å². The van der Waals surface area contributed by atoms with Crippen LogP contribution in [-0.4, -0.2) is 57.2 Å². The number of carbonyl (C=O) groups excluding carboxylic acids is 1. The molecule has 1 aromatic rings. The summed E-state index contributed by atoms with van der Waals surface area (Å²) in [5.41, 5.74) is 1.13. The Hall–Kier alpha value is -1.51. The van der Waals surface area contributed by atoms with E-state index < -0.39 is 0 Å². The summed E-state index contributed by atoms with van der Waals surface area (Å²) in [6.45, 7) is 4.89. The summed E-state index contributed by atoms with van der Waals surface area (Å²) in [7, 11) is 3.22. The zero-order chi connectivity index (χ0) is 17.4. The van der Waals surface area contributed by atoms with E-state index in [1.165, 1.54) is 7.11 Å². The fourth-order valence-electron chi connectivity index (χ4n) is 2.87. The highest BCUT2D eigenvalue weighted by Gasteiger charge is 2.26. The summed E-state index contributed by atoms with van der Waals surface area (Å²) in [5, 5.41) is 3.32. The SMILES string of the molecule is CN=C(NCCOc1ccccc1C)N1CCC(C(=O)OC)CC1.I. The molecule has 0 amide bonds. The molecule has 1 N–H and O–H groups in total. The number of para-hydroxylation sites is 1. The lowest BCUT2D eigenvalue weighted by atomic mass is 9.97. The Labute approximate surface area is 167 Å². The summed E-state index contributed by atoms with van der Waals surface area (Å²) >= 11 is 0. The van der Waals surface area contributed by atoms with E-state index in [9.17, 15) is 4.79 Å². The minimum Gasteiger partial charge on any atom is -0.491 e. The van der Waals surface area contributed by atoms with E-state index in [-0.39, 0.29) is 35.9 Å². The molecule has 1 heterocycles. The minimum atomic E-state index is -0.107. The van der Waals surface area contributed by atoms with Crippen LogP contribution in [0.4, 0.5) is 0 Å². The molecular weight excluding hydrogens is 433 g/mol. The molecule has 6 nitrogen and oxygen atoms in total. The Balaban J connectivity index is 0.00000312. The summed E-state index contributed by atoms with van der Waals surface area (Å²) in [5.74, 6) is 1.66. The number of halogens is 1. The molecule has 1 aliphatic rings. The first-order valence-electron chi connectivity index (χ1n) is 8.37. The van der Waals surface area contributed by atoms with Crippen LogP contribution in [0, 0.1) is 12.8 Å². The highest BCUT2D eigenvalue weighted by molar-refractivity contribution is 14.0. The van der Waals surface area contributed by atoms with E-state index in [0.717, 1.165) is 43.2 Å². The Morgan fingerprint density at radius 1 is 1.32 bits per heavy atom. The molecule has 0 aliphatic carbocycles. The largest absolute Gasteiger partial charge is 0.491 e. The maximum atomic E-state index is 11.6. The fourth-order valence-corrected chi connectivity index (χ4v) is 2.87. The van der Waals surface area contributed by atoms with Crippen LogP contribution in [0.3, 0.4) is 0 Å². The molecule has 0 saturated carbocycles. The van der Waals surface area contributed by atoms with Gasteiger partial charge in [-0.1, -0.05) is 18.2 Å². The van der Waals surface area contributed by atoms with Gasteiger partial charge in [0, 0.05) is 20.1 Å². The second-order valence-electron chi connectivity index (χ2n) is 5.87. The first-order valence-corrected chi connectivity index (χ1v) is 8.37. The van der Waals surface area contributed by atoms with Crippen molar-refractivity contribution in [1.82, 2.24) is 10.2 Å². The molecular formula is C18H28IN3O3. The highest BCUT2D eigenvalue weighted by Crippen LogP contribution is 2.18. The summed E-state index contributed by atoms with van der Waals surface area (Å²) in [6.07, 6.45) is 1.60. The van der Waals surface area contributed by atoms with E-state index in [1.807, 2.05) is 31.2 Å². The molecule has 0 spiro atoms. The van der Waals surface area contributed by atoms with Crippen molar-refractivity contribution in [1.29, 1.82) is 0 Å². The first kappa shape index (κ1) is 21.5. The molecule has 1 aromatic carbocycles. The monoisotopic (exact) mass is 461 g/mol. The molecule has 1 fully saturated rings. The van der Waals surface area contributed by atoms with E-state index >= 15 is 0 Å². The van der Waals surface area contributed by atoms with Gasteiger partial charge >= 0.3 is 5.97 Å². The van der Waals surface area contributed by atoms with Crippen LogP contribution in [0.2, 0.25) is 0 Å². The molecule has 1 saturated heterocycles. The highest BCUT2D eigenvalue weighted by atomic mass is 127. The standard InChI is InChI=1S/C18H27N3O3.HI/c1-14-6-4-5-7-16(14)24-13-10-20-18(19-2)21-11-8-15(9-12-21)17(22)23-3;/h4-7,15H,8-13H2,1-3H3,(H,19,20);1H. The number of guanidine groups is 1. The second kappa shape index (κ2) is 11.2. The molecule has 0 aromatic heterocycles. The van der Waals surface area contributed by atoms with Crippen molar-refractivity contribution in [3.8, 4) is 5.75 Å². The lowest BCUT2D eigenvalue weighted by Gasteiger charge is -2.33. The predicted molar refractivity (Wildman–Crippen MR) is 110 cm³/mol. The van der Waals surface area contributed by atoms with Crippen molar-refractivity contribution in [2.75, 3.05) is 40.4 Å².